The maximum absolute atomic E-state index is 0. The van der Waals surface area contributed by atoms with Crippen LogP contribution in [0.3, 0.4) is 0 Å². The van der Waals surface area contributed by atoms with Crippen LogP contribution in [0.5, 0.6) is 0 Å². The van der Waals surface area contributed by atoms with E-state index in [-0.39, 0.29) is 223 Å². The largest absolute Gasteiger partial charge is 0.0776 e. The van der Waals surface area contributed by atoms with Gasteiger partial charge in [-0.1, -0.05) is 223 Å². The molecule has 0 bridgehead atoms. The average Bonchev–Trinajstić information content (AvgIpc) is 0. The molecule has 0 heteroatoms. The fraction of sp³-hybridized carbons (Fsp3) is 1.00. The van der Waals surface area contributed by atoms with E-state index < -0.39 is 0 Å². The third-order valence-corrected chi connectivity index (χ3v) is 0. The van der Waals surface area contributed by atoms with E-state index in [4.69, 9.17) is 0 Å². The van der Waals surface area contributed by atoms with Crippen molar-refractivity contribution in [2.24, 2.45) is 0 Å². The molecule has 0 N–H and O–H groups in total. The standard InChI is InChI=1S/30CH4/h30*1H4. The van der Waals surface area contributed by atoms with Crippen LogP contribution in [0.1, 0.15) is 223 Å². The second-order valence-electron chi connectivity index (χ2n) is 0. The molecular formula is C30H120. The van der Waals surface area contributed by atoms with Crippen LogP contribution < -0.4 is 0 Å². The van der Waals surface area contributed by atoms with Crippen molar-refractivity contribution in [3.8, 4) is 0 Å². The van der Waals surface area contributed by atoms with Gasteiger partial charge in [-0.15, -0.1) is 0 Å². The van der Waals surface area contributed by atoms with E-state index in [1.807, 2.05) is 0 Å². The van der Waals surface area contributed by atoms with Crippen molar-refractivity contribution in [3.63, 3.8) is 0 Å². The number of hydrogen-bond donors (Lipinski definition) is 0. The highest BCUT2D eigenvalue weighted by molar-refractivity contribution is 2.53. The summed E-state index contributed by atoms with van der Waals surface area (Å²) >= 11 is 0. The topological polar surface area (TPSA) is 0 Å². The van der Waals surface area contributed by atoms with Crippen molar-refractivity contribution < 1.29 is 0 Å². The van der Waals surface area contributed by atoms with E-state index in [0.717, 1.165) is 0 Å². The van der Waals surface area contributed by atoms with Crippen LogP contribution in [0.2, 0.25) is 0 Å². The molecule has 0 radical (unpaired) electrons. The van der Waals surface area contributed by atoms with Gasteiger partial charge in [-0.2, -0.15) is 0 Å². The summed E-state index contributed by atoms with van der Waals surface area (Å²) in [5.41, 5.74) is 0. The fourth-order valence-electron chi connectivity index (χ4n) is 0. The van der Waals surface area contributed by atoms with Crippen molar-refractivity contribution in [1.82, 2.24) is 0 Å². The summed E-state index contributed by atoms with van der Waals surface area (Å²) in [4.78, 5) is 0. The van der Waals surface area contributed by atoms with Gasteiger partial charge in [0.1, 0.15) is 0 Å². The normalized spacial score (nSPS) is 0. The van der Waals surface area contributed by atoms with Crippen LogP contribution in [0.15, 0.2) is 0 Å². The van der Waals surface area contributed by atoms with Crippen molar-refractivity contribution >= 4 is 0 Å². The molecule has 0 amide bonds. The summed E-state index contributed by atoms with van der Waals surface area (Å²) in [6, 6.07) is 0. The molecule has 0 spiro atoms. The molecule has 240 valence electrons. The molecule has 0 aliphatic carbocycles. The minimum absolute atomic E-state index is 0. The van der Waals surface area contributed by atoms with Crippen molar-refractivity contribution in [2.45, 2.75) is 223 Å². The zero-order chi connectivity index (χ0) is 0. The first-order chi connectivity index (χ1) is 0. The molecule has 0 atom stereocenters. The molecule has 0 unspecified atom stereocenters. The Kier molecular flexibility index (Phi) is 0. The van der Waals surface area contributed by atoms with Gasteiger partial charge in [-0.3, -0.25) is 0 Å². The van der Waals surface area contributed by atoms with Crippen molar-refractivity contribution in [2.75, 3.05) is 0 Å². The van der Waals surface area contributed by atoms with Gasteiger partial charge in [-0.25, -0.2) is 0 Å². The van der Waals surface area contributed by atoms with Gasteiger partial charge in [0.25, 0.3) is 0 Å². The highest BCUT2D eigenvalue weighted by atomic mass is 12.0. The average molecular weight is 481 g/mol. The maximum atomic E-state index is 0. The summed E-state index contributed by atoms with van der Waals surface area (Å²) < 4.78 is 0. The highest BCUT2D eigenvalue weighted by Crippen LogP contribution is 0.173. The van der Waals surface area contributed by atoms with Gasteiger partial charge < -0.3 is 0 Å². The van der Waals surface area contributed by atoms with Crippen LogP contribution in [0, 0.1) is 0 Å². The Labute approximate surface area is 222 Å². The summed E-state index contributed by atoms with van der Waals surface area (Å²) in [6.45, 7) is 0. The van der Waals surface area contributed by atoms with Gasteiger partial charge >= 0.3 is 0 Å². The summed E-state index contributed by atoms with van der Waals surface area (Å²) in [5, 5.41) is 0. The van der Waals surface area contributed by atoms with Crippen molar-refractivity contribution in [3.05, 3.63) is 0 Å². The van der Waals surface area contributed by atoms with Crippen LogP contribution in [-0.2, 0) is 0 Å². The van der Waals surface area contributed by atoms with E-state index in [0.29, 0.717) is 0 Å². The molecule has 0 aromatic heterocycles. The zero-order valence-corrected chi connectivity index (χ0v) is 0. The molecule has 0 saturated carbocycles. The summed E-state index contributed by atoms with van der Waals surface area (Å²) in [5.74, 6) is 0. The minimum atomic E-state index is 0. The molecular weight excluding hydrogens is 360 g/mol. The predicted octanol–water partition coefficient (Wildman–Crippen LogP) is 19.1. The predicted molar refractivity (Wildman–Crippen MR) is 202 cm³/mol. The monoisotopic (exact) mass is 481 g/mol. The lowest BCUT2D eigenvalue weighted by atomic mass is 12.0. The Bertz CT molecular complexity index is 0. The van der Waals surface area contributed by atoms with E-state index in [2.05, 4.69) is 0 Å². The zero-order valence-electron chi connectivity index (χ0n) is 0. The van der Waals surface area contributed by atoms with Gasteiger partial charge in [0.2, 0.25) is 0 Å². The lowest BCUT2D eigenvalue weighted by Gasteiger charge is -0.0786. The first-order valence-electron chi connectivity index (χ1n) is 0. The number of hydrogen-bond acceptors (Lipinski definition) is 0. The molecule has 0 aliphatic heterocycles. The quantitative estimate of drug-likeness (QED) is 0.323. The lowest BCUT2D eigenvalue weighted by molar-refractivity contribution is 2.50. The van der Waals surface area contributed by atoms with Gasteiger partial charge in [0, 0.05) is 0 Å². The molecule has 0 aromatic carbocycles. The van der Waals surface area contributed by atoms with Crippen LogP contribution in [0.4, 0.5) is 0 Å². The van der Waals surface area contributed by atoms with Gasteiger partial charge in [0.05, 0.1) is 0 Å². The van der Waals surface area contributed by atoms with Crippen LogP contribution in [0.25, 0.3) is 0 Å². The van der Waals surface area contributed by atoms with Gasteiger partial charge in [-0.05, 0) is 0 Å². The number of rotatable bonds is 0. The summed E-state index contributed by atoms with van der Waals surface area (Å²) in [6.07, 6.45) is 0. The van der Waals surface area contributed by atoms with Crippen LogP contribution >= 0.6 is 0 Å². The third-order valence-electron chi connectivity index (χ3n) is 0. The second kappa shape index (κ2) is 0. The highest BCUT2D eigenvalue weighted by Gasteiger charge is -0.0486. The smallest absolute Gasteiger partial charge is 0.0776 e. The molecule has 0 fully saturated rings. The molecule has 0 nitrogen and oxygen atoms in total. The minimum Gasteiger partial charge on any atom is -0.0776 e. The SMILES string of the molecule is C.C.C.C.C.C.C.C.C.C.C.C.C.C.C.C.C.C.C.C.C.C.C.C.C.C.C.C.C.C. The first-order valence-corrected chi connectivity index (χ1v) is 0. The third kappa shape index (κ3) is 0. The Balaban J connectivity index is 0. The molecule has 0 aromatic rings. The fourth-order valence-corrected chi connectivity index (χ4v) is 0. The Morgan fingerprint density at radius 2 is 0.0333 bits per heavy atom. The van der Waals surface area contributed by atoms with E-state index >= 15 is 0 Å². The van der Waals surface area contributed by atoms with E-state index in [1.165, 1.54) is 0 Å². The Hall–Kier alpha value is 0. The van der Waals surface area contributed by atoms with Gasteiger partial charge in [0.15, 0.2) is 0 Å². The molecule has 0 heterocycles. The van der Waals surface area contributed by atoms with E-state index in [9.17, 15) is 0 Å². The molecule has 0 rings (SSSR count). The summed E-state index contributed by atoms with van der Waals surface area (Å²) in [7, 11) is 0. The van der Waals surface area contributed by atoms with Crippen LogP contribution in [-0.4, -0.2) is 0 Å². The molecule has 0 aliphatic rings. The lowest BCUT2D eigenvalue weighted by Crippen LogP contribution is 0.143. The first kappa shape index (κ1) is 0. The second-order valence-corrected chi connectivity index (χ2v) is 0. The molecule has 0 saturated heterocycles. The van der Waals surface area contributed by atoms with Crippen molar-refractivity contribution in [1.29, 1.82) is 0 Å². The Morgan fingerprint density at radius 3 is 0.0333 bits per heavy atom. The van der Waals surface area contributed by atoms with E-state index in [1.54, 1.807) is 0 Å². The Morgan fingerprint density at radius 1 is 0.0333 bits per heavy atom. The maximum Gasteiger partial charge on any atom is -0.0776 e. The molecule has 30 heavy (non-hydrogen) atoms.